The highest BCUT2D eigenvalue weighted by Gasteiger charge is 2.32. The van der Waals surface area contributed by atoms with E-state index in [2.05, 4.69) is 24.7 Å². The van der Waals surface area contributed by atoms with Crippen LogP contribution in [0.15, 0.2) is 0 Å². The van der Waals surface area contributed by atoms with Gasteiger partial charge in [0, 0.05) is 26.2 Å². The van der Waals surface area contributed by atoms with E-state index in [-0.39, 0.29) is 0 Å². The van der Waals surface area contributed by atoms with Crippen molar-refractivity contribution in [2.24, 2.45) is 5.73 Å². The molecule has 0 radical (unpaired) electrons. The lowest BCUT2D eigenvalue weighted by atomic mass is 9.87. The minimum Gasteiger partial charge on any atom is -0.480 e. The average Bonchev–Trinajstić information content (AvgIpc) is 2.41. The molecule has 6 heteroatoms. The molecule has 116 valence electrons. The van der Waals surface area contributed by atoms with Crippen molar-refractivity contribution in [2.45, 2.75) is 44.0 Å². The molecule has 5 nitrogen and oxygen atoms in total. The Labute approximate surface area is 123 Å². The van der Waals surface area contributed by atoms with Crippen LogP contribution >= 0.6 is 0 Å². The molecule has 0 aromatic rings. The fourth-order valence-corrected chi connectivity index (χ4v) is 2.72. The molecule has 1 unspecified atom stereocenters. The highest BCUT2D eigenvalue weighted by molar-refractivity contribution is 6.08. The van der Waals surface area contributed by atoms with Crippen molar-refractivity contribution >= 4 is 13.8 Å². The minimum absolute atomic E-state index is 0.582. The first-order valence-electron chi connectivity index (χ1n) is 7.91. The van der Waals surface area contributed by atoms with Crippen LogP contribution in [0.5, 0.6) is 0 Å². The SMILES string of the molecule is BCCCCC(N)(CCCN1CCN(C)CC1)C(=O)O. The van der Waals surface area contributed by atoms with Gasteiger partial charge in [0.05, 0.1) is 0 Å². The number of hydrogen-bond acceptors (Lipinski definition) is 4. The third-order valence-corrected chi connectivity index (χ3v) is 4.35. The van der Waals surface area contributed by atoms with Crippen LogP contribution in [-0.2, 0) is 4.79 Å². The number of nitrogens with zero attached hydrogens (tertiary/aromatic N) is 2. The van der Waals surface area contributed by atoms with Crippen LogP contribution in [0.2, 0.25) is 6.32 Å². The molecule has 1 heterocycles. The van der Waals surface area contributed by atoms with Gasteiger partial charge in [-0.3, -0.25) is 4.79 Å². The molecule has 20 heavy (non-hydrogen) atoms. The predicted octanol–water partition coefficient (Wildman–Crippen LogP) is 0.0178. The zero-order valence-corrected chi connectivity index (χ0v) is 13.1. The zero-order chi connectivity index (χ0) is 15.0. The maximum Gasteiger partial charge on any atom is 0.323 e. The van der Waals surface area contributed by atoms with Gasteiger partial charge in [0.2, 0.25) is 0 Å². The lowest BCUT2D eigenvalue weighted by Gasteiger charge is -2.33. The molecule has 3 N–H and O–H groups in total. The number of likely N-dealkylation sites (N-methyl/N-ethyl adjacent to an activating group) is 1. The summed E-state index contributed by atoms with van der Waals surface area (Å²) in [6.07, 6.45) is 5.12. The molecule has 1 saturated heterocycles. The molecule has 1 atom stereocenters. The maximum absolute atomic E-state index is 11.4. The maximum atomic E-state index is 11.4. The van der Waals surface area contributed by atoms with Gasteiger partial charge in [0.25, 0.3) is 0 Å². The van der Waals surface area contributed by atoms with Crippen molar-refractivity contribution in [3.63, 3.8) is 0 Å². The molecular weight excluding hydrogens is 253 g/mol. The van der Waals surface area contributed by atoms with E-state index < -0.39 is 11.5 Å². The van der Waals surface area contributed by atoms with Gasteiger partial charge < -0.3 is 20.6 Å². The average molecular weight is 283 g/mol. The predicted molar refractivity (Wildman–Crippen MR) is 84.9 cm³/mol. The molecule has 0 spiro atoms. The molecule has 1 rings (SSSR count). The first kappa shape index (κ1) is 17.5. The first-order chi connectivity index (χ1) is 9.48. The smallest absolute Gasteiger partial charge is 0.323 e. The highest BCUT2D eigenvalue weighted by atomic mass is 16.4. The van der Waals surface area contributed by atoms with Crippen LogP contribution in [0.1, 0.15) is 32.1 Å². The summed E-state index contributed by atoms with van der Waals surface area (Å²) >= 11 is 0. The summed E-state index contributed by atoms with van der Waals surface area (Å²) in [5.41, 5.74) is 5.07. The minimum atomic E-state index is -1.03. The van der Waals surface area contributed by atoms with Crippen LogP contribution in [-0.4, -0.2) is 74.0 Å². The van der Waals surface area contributed by atoms with Gasteiger partial charge in [-0.2, -0.15) is 0 Å². The summed E-state index contributed by atoms with van der Waals surface area (Å²) in [5, 5.41) is 9.36. The number of hydrogen-bond donors (Lipinski definition) is 2. The fraction of sp³-hybridized carbons (Fsp3) is 0.929. The Morgan fingerprint density at radius 3 is 2.35 bits per heavy atom. The molecule has 0 aromatic heterocycles. The van der Waals surface area contributed by atoms with E-state index in [1.807, 2.05) is 0 Å². The van der Waals surface area contributed by atoms with Crippen LogP contribution in [0.25, 0.3) is 0 Å². The van der Waals surface area contributed by atoms with Gasteiger partial charge >= 0.3 is 5.97 Å². The monoisotopic (exact) mass is 283 g/mol. The first-order valence-corrected chi connectivity index (χ1v) is 7.91. The second-order valence-electron chi connectivity index (χ2n) is 6.17. The fourth-order valence-electron chi connectivity index (χ4n) is 2.72. The molecule has 1 fully saturated rings. The molecule has 0 bridgehead atoms. The van der Waals surface area contributed by atoms with Gasteiger partial charge in [-0.05, 0) is 32.9 Å². The Morgan fingerprint density at radius 2 is 1.80 bits per heavy atom. The van der Waals surface area contributed by atoms with Crippen LogP contribution in [0.4, 0.5) is 0 Å². The Bertz CT molecular complexity index is 296. The molecule has 0 saturated carbocycles. The number of aliphatic carboxylic acids is 1. The number of unbranched alkanes of at least 4 members (excludes halogenated alkanes) is 1. The Morgan fingerprint density at radius 1 is 1.20 bits per heavy atom. The number of rotatable bonds is 9. The number of carboxylic acids is 1. The molecular formula is C14H30BN3O2. The van der Waals surface area contributed by atoms with Gasteiger partial charge in [0.15, 0.2) is 0 Å². The summed E-state index contributed by atoms with van der Waals surface area (Å²) in [5.74, 6) is -0.841. The van der Waals surface area contributed by atoms with Gasteiger partial charge in [-0.25, -0.2) is 0 Å². The summed E-state index contributed by atoms with van der Waals surface area (Å²) < 4.78 is 0. The lowest BCUT2D eigenvalue weighted by molar-refractivity contribution is -0.144. The third-order valence-electron chi connectivity index (χ3n) is 4.35. The largest absolute Gasteiger partial charge is 0.480 e. The van der Waals surface area contributed by atoms with E-state index in [0.29, 0.717) is 12.8 Å². The molecule has 1 aliphatic rings. The van der Waals surface area contributed by atoms with E-state index in [4.69, 9.17) is 5.73 Å². The summed E-state index contributed by atoms with van der Waals surface area (Å²) in [7, 11) is 4.26. The third kappa shape index (κ3) is 5.81. The quantitative estimate of drug-likeness (QED) is 0.461. The lowest BCUT2D eigenvalue weighted by Crippen LogP contribution is -2.49. The van der Waals surface area contributed by atoms with E-state index in [0.717, 1.165) is 58.3 Å². The summed E-state index contributed by atoms with van der Waals surface area (Å²) in [6, 6.07) is 0. The van der Waals surface area contributed by atoms with Crippen LogP contribution in [0.3, 0.4) is 0 Å². The Kier molecular flexibility index (Phi) is 7.55. The Hall–Kier alpha value is -0.585. The van der Waals surface area contributed by atoms with E-state index in [9.17, 15) is 9.90 Å². The van der Waals surface area contributed by atoms with Gasteiger partial charge in [0.1, 0.15) is 13.4 Å². The number of carbonyl (C=O) groups is 1. The standard InChI is InChI=1S/C14H30BN3O2/c1-17-9-11-18(12-10-17)8-4-6-14(16,13(19)20)5-2-3-7-15/h2-12,15-16H2,1H3,(H,19,20). The molecule has 1 aliphatic heterocycles. The normalized spacial score (nSPS) is 20.7. The van der Waals surface area contributed by atoms with Gasteiger partial charge in [-0.15, -0.1) is 0 Å². The second kappa shape index (κ2) is 8.65. The number of piperazine rings is 1. The van der Waals surface area contributed by atoms with Crippen molar-refractivity contribution in [3.05, 3.63) is 0 Å². The van der Waals surface area contributed by atoms with Crippen molar-refractivity contribution in [1.29, 1.82) is 0 Å². The van der Waals surface area contributed by atoms with Crippen molar-refractivity contribution in [3.8, 4) is 0 Å². The number of carboxylic acid groups (broad SMARTS) is 1. The molecule has 0 aromatic carbocycles. The van der Waals surface area contributed by atoms with E-state index >= 15 is 0 Å². The topological polar surface area (TPSA) is 69.8 Å². The van der Waals surface area contributed by atoms with E-state index in [1.165, 1.54) is 0 Å². The van der Waals surface area contributed by atoms with Crippen molar-refractivity contribution in [1.82, 2.24) is 9.80 Å². The van der Waals surface area contributed by atoms with E-state index in [1.54, 1.807) is 0 Å². The number of nitrogens with two attached hydrogens (primary N) is 1. The summed E-state index contributed by atoms with van der Waals surface area (Å²) in [6.45, 7) is 5.33. The van der Waals surface area contributed by atoms with Crippen LogP contribution < -0.4 is 5.73 Å². The molecule has 0 amide bonds. The second-order valence-corrected chi connectivity index (χ2v) is 6.17. The highest BCUT2D eigenvalue weighted by Crippen LogP contribution is 2.19. The Balaban J connectivity index is 2.29. The molecule has 0 aliphatic carbocycles. The van der Waals surface area contributed by atoms with Crippen molar-refractivity contribution in [2.75, 3.05) is 39.8 Å². The van der Waals surface area contributed by atoms with Gasteiger partial charge in [-0.1, -0.05) is 19.2 Å². The summed E-state index contributed by atoms with van der Waals surface area (Å²) in [4.78, 5) is 16.1. The zero-order valence-electron chi connectivity index (χ0n) is 13.1. The van der Waals surface area contributed by atoms with Crippen molar-refractivity contribution < 1.29 is 9.90 Å². The van der Waals surface area contributed by atoms with Crippen LogP contribution in [0, 0.1) is 0 Å².